The lowest BCUT2D eigenvalue weighted by Gasteiger charge is -2.21. The maximum atomic E-state index is 13.2. The van der Waals surface area contributed by atoms with E-state index in [1.807, 2.05) is 30.3 Å². The fourth-order valence-corrected chi connectivity index (χ4v) is 3.77. The predicted octanol–water partition coefficient (Wildman–Crippen LogP) is 2.75. The van der Waals surface area contributed by atoms with Gasteiger partial charge in [-0.25, -0.2) is 4.98 Å². The van der Waals surface area contributed by atoms with Gasteiger partial charge < -0.3 is 9.64 Å². The van der Waals surface area contributed by atoms with Crippen LogP contribution in [-0.2, 0) is 0 Å². The summed E-state index contributed by atoms with van der Waals surface area (Å²) < 4.78 is 6.26. The summed E-state index contributed by atoms with van der Waals surface area (Å²) in [5.41, 5.74) is 1.33. The number of carbonyl (C=O) groups excluding carboxylic acids is 1. The van der Waals surface area contributed by atoms with Crippen LogP contribution in [0.1, 0.15) is 10.4 Å². The molecular weight excluding hydrogens is 370 g/mol. The van der Waals surface area contributed by atoms with Crippen LogP contribution in [0.3, 0.4) is 0 Å². The molecular formula is C19H21ClN3O2S+. The molecule has 5 nitrogen and oxygen atoms in total. The number of aromatic nitrogens is 1. The highest BCUT2D eigenvalue weighted by Crippen LogP contribution is 2.32. The molecule has 0 bridgehead atoms. The molecule has 0 unspecified atom stereocenters. The Morgan fingerprint density at radius 1 is 1.27 bits per heavy atom. The molecule has 0 spiro atoms. The van der Waals surface area contributed by atoms with Crippen molar-refractivity contribution in [2.75, 3.05) is 39.2 Å². The summed E-state index contributed by atoms with van der Waals surface area (Å²) in [7, 11) is 5.75. The summed E-state index contributed by atoms with van der Waals surface area (Å²) in [6.45, 7) is 1.36. The van der Waals surface area contributed by atoms with Crippen LogP contribution in [0.4, 0.5) is 5.13 Å². The van der Waals surface area contributed by atoms with Crippen LogP contribution in [0.25, 0.3) is 10.2 Å². The van der Waals surface area contributed by atoms with E-state index in [4.69, 9.17) is 16.3 Å². The zero-order valence-corrected chi connectivity index (χ0v) is 16.5. The van der Waals surface area contributed by atoms with Crippen molar-refractivity contribution in [1.29, 1.82) is 0 Å². The predicted molar refractivity (Wildman–Crippen MR) is 107 cm³/mol. The Labute approximate surface area is 161 Å². The first-order valence-corrected chi connectivity index (χ1v) is 9.49. The van der Waals surface area contributed by atoms with E-state index in [2.05, 4.69) is 19.1 Å². The van der Waals surface area contributed by atoms with Crippen LogP contribution in [0.2, 0.25) is 5.02 Å². The van der Waals surface area contributed by atoms with Crippen LogP contribution in [0, 0.1) is 0 Å². The number of thiazole rings is 1. The second-order valence-electron chi connectivity index (χ2n) is 6.22. The average Bonchev–Trinajstić information content (AvgIpc) is 3.04. The molecule has 1 N–H and O–H groups in total. The Bertz CT molecular complexity index is 926. The second-order valence-corrected chi connectivity index (χ2v) is 7.64. The third-order valence-corrected chi connectivity index (χ3v) is 5.37. The highest BCUT2D eigenvalue weighted by molar-refractivity contribution is 7.22. The Morgan fingerprint density at radius 3 is 2.73 bits per heavy atom. The number of fused-ring (bicyclic) bond motifs is 1. The first-order valence-electron chi connectivity index (χ1n) is 8.29. The van der Waals surface area contributed by atoms with E-state index in [0.29, 0.717) is 22.3 Å². The van der Waals surface area contributed by atoms with Crippen LogP contribution in [0.15, 0.2) is 42.5 Å². The third-order valence-electron chi connectivity index (χ3n) is 4.00. The number of anilines is 1. The number of nitrogens with one attached hydrogen (secondary N) is 1. The van der Waals surface area contributed by atoms with Crippen LogP contribution < -0.4 is 14.5 Å². The lowest BCUT2D eigenvalue weighted by molar-refractivity contribution is -0.856. The lowest BCUT2D eigenvalue weighted by atomic mass is 10.2. The Balaban J connectivity index is 2.00. The number of hydrogen-bond acceptors (Lipinski definition) is 4. The van der Waals surface area contributed by atoms with Gasteiger partial charge in [0.05, 0.1) is 55.1 Å². The smallest absolute Gasteiger partial charge is 0.261 e. The second kappa shape index (κ2) is 8.03. The van der Waals surface area contributed by atoms with E-state index in [1.165, 1.54) is 16.2 Å². The summed E-state index contributed by atoms with van der Waals surface area (Å²) >= 11 is 7.72. The molecule has 3 rings (SSSR count). The van der Waals surface area contributed by atoms with Crippen molar-refractivity contribution < 1.29 is 14.4 Å². The first kappa shape index (κ1) is 18.6. The van der Waals surface area contributed by atoms with Gasteiger partial charge in [-0.3, -0.25) is 9.69 Å². The zero-order chi connectivity index (χ0) is 18.7. The maximum Gasteiger partial charge on any atom is 0.261 e. The number of ether oxygens (including phenoxy) is 1. The van der Waals surface area contributed by atoms with Gasteiger partial charge in [-0.2, -0.15) is 0 Å². The van der Waals surface area contributed by atoms with Crippen molar-refractivity contribution in [3.05, 3.63) is 53.1 Å². The molecule has 1 amide bonds. The Morgan fingerprint density at radius 2 is 2.04 bits per heavy atom. The van der Waals surface area contributed by atoms with Gasteiger partial charge in [0.1, 0.15) is 5.75 Å². The minimum Gasteiger partial charge on any atom is -0.497 e. The molecule has 3 aromatic rings. The van der Waals surface area contributed by atoms with Crippen LogP contribution in [-0.4, -0.2) is 45.2 Å². The van der Waals surface area contributed by atoms with E-state index in [0.717, 1.165) is 22.5 Å². The average molecular weight is 391 g/mol. The number of hydrogen-bond donors (Lipinski definition) is 1. The summed E-state index contributed by atoms with van der Waals surface area (Å²) in [5.74, 6) is 0.636. The standard InChI is InChI=1S/C19H20ClN3O2S/c1-22(2)10-11-23(18(24)14-6-4-5-7-15(14)20)19-21-16-9-8-13(25-3)12-17(16)26-19/h4-9,12H,10-11H2,1-3H3/p+1. The molecule has 26 heavy (non-hydrogen) atoms. The molecule has 0 aliphatic rings. The number of amides is 1. The molecule has 2 aromatic carbocycles. The molecule has 0 aliphatic carbocycles. The maximum absolute atomic E-state index is 13.2. The van der Waals surface area contributed by atoms with Crippen molar-refractivity contribution in [3.8, 4) is 5.75 Å². The van der Waals surface area contributed by atoms with Crippen molar-refractivity contribution in [3.63, 3.8) is 0 Å². The number of nitrogens with zero attached hydrogens (tertiary/aromatic N) is 2. The van der Waals surface area contributed by atoms with Gasteiger partial charge in [-0.15, -0.1) is 0 Å². The molecule has 1 aromatic heterocycles. The highest BCUT2D eigenvalue weighted by Gasteiger charge is 2.23. The summed E-state index contributed by atoms with van der Waals surface area (Å²) in [6.07, 6.45) is 0. The van der Waals surface area contributed by atoms with E-state index in [1.54, 1.807) is 24.1 Å². The van der Waals surface area contributed by atoms with Crippen molar-refractivity contribution in [2.45, 2.75) is 0 Å². The van der Waals surface area contributed by atoms with Gasteiger partial charge >= 0.3 is 0 Å². The van der Waals surface area contributed by atoms with Gasteiger partial charge in [0.25, 0.3) is 5.91 Å². The zero-order valence-electron chi connectivity index (χ0n) is 15.0. The minimum atomic E-state index is -0.136. The number of rotatable bonds is 6. The van der Waals surface area contributed by atoms with Gasteiger partial charge in [-0.05, 0) is 30.3 Å². The largest absolute Gasteiger partial charge is 0.497 e. The number of methoxy groups -OCH3 is 1. The third kappa shape index (κ3) is 3.98. The number of carbonyl (C=O) groups is 1. The molecule has 0 aliphatic heterocycles. The molecule has 0 saturated carbocycles. The monoisotopic (exact) mass is 390 g/mol. The summed E-state index contributed by atoms with van der Waals surface area (Å²) in [4.78, 5) is 20.8. The van der Waals surface area contributed by atoms with E-state index in [-0.39, 0.29) is 5.91 Å². The molecule has 136 valence electrons. The van der Waals surface area contributed by atoms with Crippen molar-refractivity contribution in [2.24, 2.45) is 0 Å². The molecule has 0 fully saturated rings. The van der Waals surface area contributed by atoms with Gasteiger partial charge in [0.2, 0.25) is 0 Å². The van der Waals surface area contributed by atoms with Crippen molar-refractivity contribution in [1.82, 2.24) is 4.98 Å². The summed E-state index contributed by atoms with van der Waals surface area (Å²) in [6, 6.07) is 12.8. The fourth-order valence-electron chi connectivity index (χ4n) is 2.53. The molecule has 0 atom stereocenters. The Kier molecular flexibility index (Phi) is 5.76. The SMILES string of the molecule is COc1ccc2nc(N(CC[NH+](C)C)C(=O)c3ccccc3Cl)sc2c1. The van der Waals surface area contributed by atoms with Gasteiger partial charge in [0.15, 0.2) is 5.13 Å². The Hall–Kier alpha value is -2.15. The van der Waals surface area contributed by atoms with E-state index in [9.17, 15) is 4.79 Å². The van der Waals surface area contributed by atoms with E-state index >= 15 is 0 Å². The topological polar surface area (TPSA) is 46.9 Å². The number of halogens is 1. The highest BCUT2D eigenvalue weighted by atomic mass is 35.5. The van der Waals surface area contributed by atoms with Crippen LogP contribution in [0.5, 0.6) is 5.75 Å². The van der Waals surface area contributed by atoms with Crippen molar-refractivity contribution >= 4 is 44.2 Å². The molecule has 0 radical (unpaired) electrons. The number of likely N-dealkylation sites (N-methyl/N-ethyl adjacent to an activating group) is 1. The molecule has 7 heteroatoms. The number of quaternary nitrogens is 1. The van der Waals surface area contributed by atoms with Gasteiger partial charge in [0, 0.05) is 0 Å². The first-order chi connectivity index (χ1) is 12.5. The normalized spacial score (nSPS) is 11.1. The minimum absolute atomic E-state index is 0.136. The fraction of sp³-hybridized carbons (Fsp3) is 0.263. The van der Waals surface area contributed by atoms with Gasteiger partial charge in [-0.1, -0.05) is 35.1 Å². The van der Waals surface area contributed by atoms with Crippen LogP contribution >= 0.6 is 22.9 Å². The lowest BCUT2D eigenvalue weighted by Crippen LogP contribution is -3.06. The number of benzene rings is 2. The van der Waals surface area contributed by atoms with E-state index < -0.39 is 0 Å². The molecule has 1 heterocycles. The molecule has 0 saturated heterocycles. The summed E-state index contributed by atoms with van der Waals surface area (Å²) in [5, 5.41) is 1.11. The quantitative estimate of drug-likeness (QED) is 0.704.